The van der Waals surface area contributed by atoms with Gasteiger partial charge in [-0.1, -0.05) is 32.3 Å². The number of carbonyl (C=O) groups excluding carboxylic acids is 3. The number of nitrogens with two attached hydrogens (primary N) is 1. The van der Waals surface area contributed by atoms with E-state index in [2.05, 4.69) is 28.2 Å². The summed E-state index contributed by atoms with van der Waals surface area (Å²) in [5.41, 5.74) is 5.92. The molecule has 0 spiro atoms. The Morgan fingerprint density at radius 1 is 0.750 bits per heavy atom. The number of nitrogens with one attached hydrogen (secondary N) is 4. The van der Waals surface area contributed by atoms with Gasteiger partial charge in [-0.05, 0) is 85.5 Å². The summed E-state index contributed by atoms with van der Waals surface area (Å²) < 4.78 is 16.2. The van der Waals surface area contributed by atoms with Crippen molar-refractivity contribution < 1.29 is 28.6 Å². The molecule has 3 amide bonds. The summed E-state index contributed by atoms with van der Waals surface area (Å²) in [6, 6.07) is -0.363. The summed E-state index contributed by atoms with van der Waals surface area (Å²) in [5, 5.41) is 12.3. The summed E-state index contributed by atoms with van der Waals surface area (Å²) in [4.78, 5) is 36.9. The molecule has 0 heterocycles. The first-order valence-corrected chi connectivity index (χ1v) is 16.9. The number of allylic oxidation sites excluding steroid dienone is 2. The highest BCUT2D eigenvalue weighted by molar-refractivity contribution is 5.82. The van der Waals surface area contributed by atoms with Crippen LogP contribution in [0.4, 0.5) is 4.79 Å². The minimum Gasteiger partial charge on any atom is -0.444 e. The molecule has 11 nitrogen and oxygen atoms in total. The Morgan fingerprint density at radius 3 is 2.05 bits per heavy atom. The lowest BCUT2D eigenvalue weighted by molar-refractivity contribution is -0.123. The van der Waals surface area contributed by atoms with Gasteiger partial charge in [0.25, 0.3) is 0 Å². The zero-order valence-corrected chi connectivity index (χ0v) is 28.5. The zero-order valence-electron chi connectivity index (χ0n) is 28.5. The molecule has 0 radical (unpaired) electrons. The zero-order chi connectivity index (χ0) is 32.9. The van der Waals surface area contributed by atoms with Crippen molar-refractivity contribution in [1.29, 1.82) is 0 Å². The molecule has 0 bridgehead atoms. The van der Waals surface area contributed by atoms with Gasteiger partial charge in [-0.2, -0.15) is 0 Å². The standard InChI is InChI=1S/C33H65N5O6/c1-6-8-10-19-30(39)35-21-14-15-22-36-31(40)29(18-12-13-23-37-32(41)44-33(3,4)5)38-28(7-2)17-11-9-16-24-42-26-27-43-25-20-34/h7,29,38H,6,8-27,34H2,1-5H3,(H,35,39)(H,36,40)(H,37,41)/b28-7+. The Balaban J connectivity index is 4.58. The molecule has 258 valence electrons. The average Bonchev–Trinajstić information content (AvgIpc) is 2.97. The third kappa shape index (κ3) is 27.2. The van der Waals surface area contributed by atoms with E-state index in [9.17, 15) is 14.4 Å². The van der Waals surface area contributed by atoms with Crippen LogP contribution in [0.5, 0.6) is 0 Å². The van der Waals surface area contributed by atoms with Crippen LogP contribution in [0.3, 0.4) is 0 Å². The van der Waals surface area contributed by atoms with Crippen LogP contribution < -0.4 is 27.0 Å². The van der Waals surface area contributed by atoms with E-state index in [0.29, 0.717) is 65.4 Å². The van der Waals surface area contributed by atoms with Crippen molar-refractivity contribution in [3.8, 4) is 0 Å². The van der Waals surface area contributed by atoms with Crippen LogP contribution in [0.1, 0.15) is 118 Å². The molecular weight excluding hydrogens is 562 g/mol. The fourth-order valence-electron chi connectivity index (χ4n) is 4.31. The maximum Gasteiger partial charge on any atom is 0.407 e. The Bertz CT molecular complexity index is 772. The van der Waals surface area contributed by atoms with Crippen molar-refractivity contribution in [2.45, 2.75) is 130 Å². The van der Waals surface area contributed by atoms with Crippen LogP contribution in [-0.4, -0.2) is 82.2 Å². The van der Waals surface area contributed by atoms with Crippen LogP contribution in [0.25, 0.3) is 0 Å². The second kappa shape index (κ2) is 28.1. The van der Waals surface area contributed by atoms with Gasteiger partial charge in [0, 0.05) is 44.9 Å². The molecule has 0 rings (SSSR count). The molecular formula is C33H65N5O6. The summed E-state index contributed by atoms with van der Waals surface area (Å²) in [7, 11) is 0. The summed E-state index contributed by atoms with van der Waals surface area (Å²) in [5.74, 6) is 0.0746. The maximum absolute atomic E-state index is 13.2. The average molecular weight is 628 g/mol. The molecule has 0 saturated carbocycles. The number of hydrogen-bond acceptors (Lipinski definition) is 8. The first-order valence-electron chi connectivity index (χ1n) is 16.9. The van der Waals surface area contributed by atoms with Gasteiger partial charge in [0.1, 0.15) is 11.6 Å². The quantitative estimate of drug-likeness (QED) is 0.0784. The number of hydrogen-bond donors (Lipinski definition) is 5. The van der Waals surface area contributed by atoms with Gasteiger partial charge in [0.2, 0.25) is 11.8 Å². The molecule has 1 unspecified atom stereocenters. The number of ether oxygens (including phenoxy) is 3. The SMILES string of the molecule is C/C=C(\CCCCCOCCOCCN)NC(CCCCNC(=O)OC(C)(C)C)C(=O)NCCCCNC(=O)CCCCC. The molecule has 11 heteroatoms. The third-order valence-corrected chi connectivity index (χ3v) is 6.71. The molecule has 0 saturated heterocycles. The van der Waals surface area contributed by atoms with Crippen molar-refractivity contribution in [2.24, 2.45) is 5.73 Å². The Kier molecular flexibility index (Phi) is 26.6. The van der Waals surface area contributed by atoms with Gasteiger partial charge in [0.05, 0.1) is 19.8 Å². The van der Waals surface area contributed by atoms with Crippen LogP contribution >= 0.6 is 0 Å². The van der Waals surface area contributed by atoms with Crippen LogP contribution in [0.2, 0.25) is 0 Å². The monoisotopic (exact) mass is 627 g/mol. The highest BCUT2D eigenvalue weighted by Crippen LogP contribution is 2.11. The molecule has 0 fully saturated rings. The second-order valence-electron chi connectivity index (χ2n) is 12.1. The largest absolute Gasteiger partial charge is 0.444 e. The van der Waals surface area contributed by atoms with Crippen LogP contribution in [0.15, 0.2) is 11.8 Å². The highest BCUT2D eigenvalue weighted by atomic mass is 16.6. The lowest BCUT2D eigenvalue weighted by atomic mass is 10.1. The van der Waals surface area contributed by atoms with E-state index in [-0.39, 0.29) is 17.9 Å². The van der Waals surface area contributed by atoms with E-state index in [4.69, 9.17) is 19.9 Å². The van der Waals surface area contributed by atoms with Crippen molar-refractivity contribution >= 4 is 17.9 Å². The van der Waals surface area contributed by atoms with Gasteiger partial charge < -0.3 is 41.2 Å². The lowest BCUT2D eigenvalue weighted by Gasteiger charge is -2.22. The Morgan fingerprint density at radius 2 is 1.39 bits per heavy atom. The number of rotatable bonds is 28. The number of carbonyl (C=O) groups is 3. The van der Waals surface area contributed by atoms with Gasteiger partial charge >= 0.3 is 6.09 Å². The van der Waals surface area contributed by atoms with Crippen LogP contribution in [0, 0.1) is 0 Å². The second-order valence-corrected chi connectivity index (χ2v) is 12.1. The van der Waals surface area contributed by atoms with Gasteiger partial charge in [0.15, 0.2) is 0 Å². The van der Waals surface area contributed by atoms with E-state index in [1.165, 1.54) is 0 Å². The summed E-state index contributed by atoms with van der Waals surface area (Å²) >= 11 is 0. The van der Waals surface area contributed by atoms with Gasteiger partial charge in [-0.3, -0.25) is 9.59 Å². The summed E-state index contributed by atoms with van der Waals surface area (Å²) in [6.45, 7) is 14.2. The lowest BCUT2D eigenvalue weighted by Crippen LogP contribution is -2.44. The molecule has 1 atom stereocenters. The molecule has 0 aliphatic carbocycles. The van der Waals surface area contributed by atoms with Gasteiger partial charge in [-0.25, -0.2) is 4.79 Å². The van der Waals surface area contributed by atoms with Crippen molar-refractivity contribution in [2.75, 3.05) is 52.6 Å². The number of amides is 3. The minimum absolute atomic E-state index is 0.0293. The molecule has 0 aromatic heterocycles. The topological polar surface area (TPSA) is 153 Å². The maximum atomic E-state index is 13.2. The smallest absolute Gasteiger partial charge is 0.407 e. The van der Waals surface area contributed by atoms with Gasteiger partial charge in [-0.15, -0.1) is 0 Å². The summed E-state index contributed by atoms with van der Waals surface area (Å²) in [6.07, 6.45) is 12.9. The first-order chi connectivity index (χ1) is 21.1. The molecule has 44 heavy (non-hydrogen) atoms. The Labute approximate surface area is 267 Å². The van der Waals surface area contributed by atoms with Crippen molar-refractivity contribution in [1.82, 2.24) is 21.3 Å². The molecule has 0 aromatic rings. The van der Waals surface area contributed by atoms with E-state index in [0.717, 1.165) is 76.3 Å². The molecule has 6 N–H and O–H groups in total. The predicted molar refractivity (Wildman–Crippen MR) is 177 cm³/mol. The van der Waals surface area contributed by atoms with Crippen molar-refractivity contribution in [3.63, 3.8) is 0 Å². The normalized spacial score (nSPS) is 12.5. The van der Waals surface area contributed by atoms with Crippen LogP contribution in [-0.2, 0) is 23.8 Å². The molecule has 0 aromatic carbocycles. The molecule has 0 aliphatic rings. The minimum atomic E-state index is -0.535. The van der Waals surface area contributed by atoms with E-state index < -0.39 is 11.7 Å². The highest BCUT2D eigenvalue weighted by Gasteiger charge is 2.19. The number of unbranched alkanes of at least 4 members (excludes halogenated alkanes) is 6. The number of alkyl carbamates (subject to hydrolysis) is 1. The third-order valence-electron chi connectivity index (χ3n) is 6.71. The Hall–Kier alpha value is -2.37. The predicted octanol–water partition coefficient (Wildman–Crippen LogP) is 4.69. The first kappa shape index (κ1) is 41.6. The fourth-order valence-corrected chi connectivity index (χ4v) is 4.31. The fraction of sp³-hybridized carbons (Fsp3) is 0.848. The van der Waals surface area contributed by atoms with E-state index in [1.54, 1.807) is 0 Å². The van der Waals surface area contributed by atoms with E-state index in [1.807, 2.05) is 33.8 Å². The van der Waals surface area contributed by atoms with E-state index >= 15 is 0 Å². The molecule has 0 aliphatic heterocycles. The van der Waals surface area contributed by atoms with Crippen molar-refractivity contribution in [3.05, 3.63) is 11.8 Å².